The molecule has 1 unspecified atom stereocenters. The molecule has 0 bridgehead atoms. The first-order chi connectivity index (χ1) is 11.9. The van der Waals surface area contributed by atoms with Crippen LogP contribution in [-0.2, 0) is 0 Å². The number of nitro groups is 1. The highest BCUT2D eigenvalue weighted by Crippen LogP contribution is 2.30. The number of carbonyl (C=O) groups excluding carboxylic acids is 1. The van der Waals surface area contributed by atoms with Gasteiger partial charge in [0.25, 0.3) is 11.2 Å². The lowest BCUT2D eigenvalue weighted by molar-refractivity contribution is -0.384. The van der Waals surface area contributed by atoms with E-state index in [0.29, 0.717) is 16.6 Å². The molecule has 0 fully saturated rings. The second-order valence-electron chi connectivity index (χ2n) is 5.76. The molecule has 4 rings (SSSR count). The van der Waals surface area contributed by atoms with E-state index in [1.54, 1.807) is 12.1 Å². The van der Waals surface area contributed by atoms with Gasteiger partial charge in [-0.2, -0.15) is 0 Å². The Labute approximate surface area is 149 Å². The van der Waals surface area contributed by atoms with Crippen LogP contribution in [-0.4, -0.2) is 20.3 Å². The van der Waals surface area contributed by atoms with Crippen molar-refractivity contribution in [2.75, 3.05) is 0 Å². The van der Waals surface area contributed by atoms with E-state index in [2.05, 4.69) is 20.9 Å². The maximum atomic E-state index is 12.9. The number of ketones is 1. The topological polar surface area (TPSA) is 95.1 Å². The van der Waals surface area contributed by atoms with E-state index in [1.807, 2.05) is 13.0 Å². The van der Waals surface area contributed by atoms with Gasteiger partial charge in [-0.05, 0) is 30.7 Å². The van der Waals surface area contributed by atoms with Gasteiger partial charge in [0, 0.05) is 17.0 Å². The number of nitrogens with zero attached hydrogens (tertiary/aromatic N) is 3. The van der Waals surface area contributed by atoms with Crippen molar-refractivity contribution in [1.82, 2.24) is 9.55 Å². The first-order valence-electron chi connectivity index (χ1n) is 7.43. The van der Waals surface area contributed by atoms with E-state index >= 15 is 0 Å². The summed E-state index contributed by atoms with van der Waals surface area (Å²) in [6, 6.07) is 9.14. The summed E-state index contributed by atoms with van der Waals surface area (Å²) in [4.78, 5) is 40.3. The Morgan fingerprint density at radius 2 is 1.96 bits per heavy atom. The van der Waals surface area contributed by atoms with Crippen molar-refractivity contribution in [2.45, 2.75) is 11.8 Å². The zero-order valence-electron chi connectivity index (χ0n) is 12.9. The van der Waals surface area contributed by atoms with Crippen molar-refractivity contribution in [1.29, 1.82) is 0 Å². The zero-order valence-corrected chi connectivity index (χ0v) is 14.5. The predicted molar refractivity (Wildman–Crippen MR) is 94.8 cm³/mol. The number of halogens is 1. The normalized spacial score (nSPS) is 13.6. The maximum absolute atomic E-state index is 12.9. The van der Waals surface area contributed by atoms with E-state index in [1.165, 1.54) is 22.8 Å². The van der Waals surface area contributed by atoms with Gasteiger partial charge >= 0.3 is 0 Å². The summed E-state index contributed by atoms with van der Waals surface area (Å²) in [5.74, 6) is -0.511. The van der Waals surface area contributed by atoms with Crippen LogP contribution in [0.1, 0.15) is 33.5 Å². The highest BCUT2D eigenvalue weighted by molar-refractivity contribution is 9.09. The van der Waals surface area contributed by atoms with Gasteiger partial charge in [0.05, 0.1) is 27.1 Å². The lowest BCUT2D eigenvalue weighted by Gasteiger charge is -2.08. The van der Waals surface area contributed by atoms with Gasteiger partial charge in [-0.15, -0.1) is 0 Å². The SMILES string of the molecule is CC(Br)c1ccc2nc3n(c(=O)c2c1)-c1ccc([N+](=O)[O-])cc1C3=O. The molecule has 0 radical (unpaired) electrons. The predicted octanol–water partition coefficient (Wildman–Crippen LogP) is 3.29. The van der Waals surface area contributed by atoms with Gasteiger partial charge in [0.15, 0.2) is 5.82 Å². The number of non-ortho nitro benzene ring substituents is 1. The van der Waals surface area contributed by atoms with E-state index < -0.39 is 10.7 Å². The molecule has 1 aliphatic rings. The Hall–Kier alpha value is -2.87. The average molecular weight is 400 g/mol. The quantitative estimate of drug-likeness (QED) is 0.292. The molecular weight excluding hydrogens is 390 g/mol. The molecule has 1 aromatic heterocycles. The lowest BCUT2D eigenvalue weighted by Crippen LogP contribution is -2.21. The average Bonchev–Trinajstić information content (AvgIpc) is 2.87. The smallest absolute Gasteiger partial charge is 0.270 e. The molecule has 2 aromatic carbocycles. The third kappa shape index (κ3) is 2.21. The number of hydrogen-bond acceptors (Lipinski definition) is 5. The molecule has 1 aliphatic heterocycles. The van der Waals surface area contributed by atoms with Gasteiger partial charge in [0.1, 0.15) is 0 Å². The Morgan fingerprint density at radius 1 is 1.20 bits per heavy atom. The fourth-order valence-corrected chi connectivity index (χ4v) is 3.25. The molecule has 2 heterocycles. The molecule has 0 saturated heterocycles. The summed E-state index contributed by atoms with van der Waals surface area (Å²) in [5.41, 5.74) is 1.21. The summed E-state index contributed by atoms with van der Waals surface area (Å²) < 4.78 is 1.23. The Bertz CT molecular complexity index is 1150. The van der Waals surface area contributed by atoms with Crippen LogP contribution in [0.15, 0.2) is 41.2 Å². The fourth-order valence-electron chi connectivity index (χ4n) is 2.96. The summed E-state index contributed by atoms with van der Waals surface area (Å²) in [5, 5.41) is 11.3. The molecule has 0 saturated carbocycles. The first-order valence-corrected chi connectivity index (χ1v) is 8.34. The number of hydrogen-bond donors (Lipinski definition) is 0. The Kier molecular flexibility index (Phi) is 3.33. The summed E-state index contributed by atoms with van der Waals surface area (Å²) in [6.07, 6.45) is 0. The molecule has 0 spiro atoms. The minimum atomic E-state index is -0.576. The lowest BCUT2D eigenvalue weighted by atomic mass is 10.1. The summed E-state index contributed by atoms with van der Waals surface area (Å²) >= 11 is 3.46. The van der Waals surface area contributed by atoms with Gasteiger partial charge in [0.2, 0.25) is 5.78 Å². The number of alkyl halides is 1. The third-order valence-electron chi connectivity index (χ3n) is 4.23. The van der Waals surface area contributed by atoms with E-state index in [0.717, 1.165) is 5.56 Å². The van der Waals surface area contributed by atoms with Crippen molar-refractivity contribution < 1.29 is 9.72 Å². The molecular formula is C17H10BrN3O4. The van der Waals surface area contributed by atoms with Crippen LogP contribution < -0.4 is 5.56 Å². The van der Waals surface area contributed by atoms with Gasteiger partial charge < -0.3 is 0 Å². The molecule has 0 aliphatic carbocycles. The summed E-state index contributed by atoms with van der Waals surface area (Å²) in [6.45, 7) is 1.94. The molecule has 25 heavy (non-hydrogen) atoms. The van der Waals surface area contributed by atoms with Crippen LogP contribution in [0.4, 0.5) is 5.69 Å². The molecule has 3 aromatic rings. The van der Waals surface area contributed by atoms with Crippen molar-refractivity contribution in [2.24, 2.45) is 0 Å². The number of rotatable bonds is 2. The second-order valence-corrected chi connectivity index (χ2v) is 7.13. The van der Waals surface area contributed by atoms with Crippen LogP contribution >= 0.6 is 15.9 Å². The monoisotopic (exact) mass is 399 g/mol. The summed E-state index contributed by atoms with van der Waals surface area (Å²) in [7, 11) is 0. The number of benzene rings is 2. The van der Waals surface area contributed by atoms with Crippen molar-refractivity contribution in [3.63, 3.8) is 0 Å². The zero-order chi connectivity index (χ0) is 17.9. The highest BCUT2D eigenvalue weighted by atomic mass is 79.9. The van der Waals surface area contributed by atoms with Crippen molar-refractivity contribution >= 4 is 38.3 Å². The highest BCUT2D eigenvalue weighted by Gasteiger charge is 2.32. The number of aromatic nitrogens is 2. The first kappa shape index (κ1) is 15.6. The standard InChI is InChI=1S/C17H10BrN3O4/c1-8(18)9-2-4-13-11(6-9)17(23)20-14-5-3-10(21(24)25)7-12(14)15(22)16(20)19-13/h2-8H,1H3. The minimum absolute atomic E-state index is 0.0207. The molecule has 8 heteroatoms. The second kappa shape index (κ2) is 5.32. The van der Waals surface area contributed by atoms with Gasteiger partial charge in [-0.25, -0.2) is 4.98 Å². The number of fused-ring (bicyclic) bond motifs is 4. The fraction of sp³-hybridized carbons (Fsp3) is 0.118. The Balaban J connectivity index is 2.04. The van der Waals surface area contributed by atoms with Crippen LogP contribution in [0.25, 0.3) is 16.6 Å². The molecule has 0 amide bonds. The van der Waals surface area contributed by atoms with Crippen LogP contribution in [0.3, 0.4) is 0 Å². The Morgan fingerprint density at radius 3 is 2.64 bits per heavy atom. The third-order valence-corrected chi connectivity index (χ3v) is 4.76. The van der Waals surface area contributed by atoms with E-state index in [9.17, 15) is 19.7 Å². The van der Waals surface area contributed by atoms with Crippen LogP contribution in [0.2, 0.25) is 0 Å². The van der Waals surface area contributed by atoms with Gasteiger partial charge in [-0.1, -0.05) is 22.0 Å². The van der Waals surface area contributed by atoms with Crippen molar-refractivity contribution in [3.8, 4) is 5.69 Å². The number of nitro benzene ring substituents is 1. The van der Waals surface area contributed by atoms with E-state index in [-0.39, 0.29) is 27.5 Å². The maximum Gasteiger partial charge on any atom is 0.270 e. The van der Waals surface area contributed by atoms with Crippen LogP contribution in [0, 0.1) is 10.1 Å². The van der Waals surface area contributed by atoms with E-state index in [4.69, 9.17) is 0 Å². The minimum Gasteiger partial charge on any atom is -0.285 e. The van der Waals surface area contributed by atoms with Crippen LogP contribution in [0.5, 0.6) is 0 Å². The van der Waals surface area contributed by atoms with Crippen molar-refractivity contribution in [3.05, 3.63) is 73.8 Å². The number of carbonyl (C=O) groups is 1. The molecule has 124 valence electrons. The largest absolute Gasteiger partial charge is 0.285 e. The molecule has 0 N–H and O–H groups in total. The molecule has 1 atom stereocenters. The van der Waals surface area contributed by atoms with Gasteiger partial charge in [-0.3, -0.25) is 24.3 Å². The molecule has 7 nitrogen and oxygen atoms in total.